The van der Waals surface area contributed by atoms with Gasteiger partial charge in [0.25, 0.3) is 0 Å². The fourth-order valence-electron chi connectivity index (χ4n) is 0.253. The minimum Gasteiger partial charge on any atom is -0.344 e. The number of rotatable bonds is 0. The fourth-order valence-corrected chi connectivity index (χ4v) is 0.253. The lowest BCUT2D eigenvalue weighted by molar-refractivity contribution is 1.20. The van der Waals surface area contributed by atoms with Gasteiger partial charge in [-0.3, -0.25) is 9.97 Å². The van der Waals surface area contributed by atoms with Crippen molar-refractivity contribution < 1.29 is 0 Å². The first kappa shape index (κ1) is 10.4. The van der Waals surface area contributed by atoms with E-state index in [1.54, 1.807) is 24.8 Å². The lowest BCUT2D eigenvalue weighted by Gasteiger charge is -1.70. The number of aromatic nitrogens is 2. The highest BCUT2D eigenvalue weighted by Crippen LogP contribution is 1.65. The van der Waals surface area contributed by atoms with E-state index in [0.717, 1.165) is 0 Å². The zero-order chi connectivity index (χ0) is 4.24. The van der Waals surface area contributed by atoms with E-state index < -0.39 is 0 Å². The molecule has 0 saturated carbocycles. The summed E-state index contributed by atoms with van der Waals surface area (Å²) in [6, 6.07) is 0. The molecule has 1 aromatic rings. The first-order chi connectivity index (χ1) is 3.00. The summed E-state index contributed by atoms with van der Waals surface area (Å²) in [4.78, 5) is 7.44. The van der Waals surface area contributed by atoms with Crippen LogP contribution in [0.15, 0.2) is 24.8 Å². The van der Waals surface area contributed by atoms with Gasteiger partial charge in [0.05, 0.1) is 0 Å². The van der Waals surface area contributed by atoms with Gasteiger partial charge in [-0.25, -0.2) is 0 Å². The van der Waals surface area contributed by atoms with Crippen LogP contribution in [0.4, 0.5) is 0 Å². The Hall–Kier alpha value is -0.610. The zero-order valence-corrected chi connectivity index (χ0v) is 5.41. The van der Waals surface area contributed by atoms with Gasteiger partial charge in [-0.15, -0.1) is 0 Å². The van der Waals surface area contributed by atoms with Crippen molar-refractivity contribution in [2.24, 2.45) is 0 Å². The highest BCUT2D eigenvalue weighted by atomic mass is 32.1. The van der Waals surface area contributed by atoms with Gasteiger partial charge in [0.2, 0.25) is 0 Å². The molecule has 46 valence electrons. The molecule has 1 heterocycles. The molecule has 4 heteroatoms. The van der Waals surface area contributed by atoms with E-state index in [0.29, 0.717) is 0 Å². The van der Waals surface area contributed by atoms with Gasteiger partial charge in [-0.1, -0.05) is 0 Å². The molecule has 0 unspecified atom stereocenters. The number of hydrogen-bond acceptors (Lipinski definition) is 3. The molecule has 3 nitrogen and oxygen atoms in total. The molecule has 3 N–H and O–H groups in total. The van der Waals surface area contributed by atoms with Gasteiger partial charge in [0, 0.05) is 24.8 Å². The largest absolute Gasteiger partial charge is 0.344 e. The van der Waals surface area contributed by atoms with Crippen LogP contribution in [0.1, 0.15) is 0 Å². The van der Waals surface area contributed by atoms with Gasteiger partial charge < -0.3 is 6.15 Å². The SMILES string of the molecule is N.S.c1cnccn1. The highest BCUT2D eigenvalue weighted by Gasteiger charge is 1.59. The van der Waals surface area contributed by atoms with Gasteiger partial charge in [0.1, 0.15) is 0 Å². The Kier molecular flexibility index (Phi) is 8.30. The van der Waals surface area contributed by atoms with Crippen LogP contribution < -0.4 is 6.15 Å². The van der Waals surface area contributed by atoms with Crippen LogP contribution >= 0.6 is 13.5 Å². The molecule has 0 aliphatic heterocycles. The smallest absolute Gasteiger partial charge is 0.0451 e. The van der Waals surface area contributed by atoms with Crippen molar-refractivity contribution in [3.8, 4) is 0 Å². The Balaban J connectivity index is 0. The molecule has 0 aliphatic carbocycles. The van der Waals surface area contributed by atoms with Crippen molar-refractivity contribution in [1.82, 2.24) is 16.1 Å². The predicted octanol–water partition coefficient (Wildman–Crippen LogP) is 0.751. The Morgan fingerprint density at radius 3 is 1.12 bits per heavy atom. The topological polar surface area (TPSA) is 60.8 Å². The van der Waals surface area contributed by atoms with Gasteiger partial charge >= 0.3 is 0 Å². The average Bonchev–Trinajstić information content (AvgIpc) is 1.72. The summed E-state index contributed by atoms with van der Waals surface area (Å²) in [6.45, 7) is 0. The minimum atomic E-state index is 0. The van der Waals surface area contributed by atoms with E-state index in [9.17, 15) is 0 Å². The van der Waals surface area contributed by atoms with E-state index in [2.05, 4.69) is 9.97 Å². The van der Waals surface area contributed by atoms with Crippen LogP contribution in [-0.2, 0) is 0 Å². The standard InChI is InChI=1S/C4H4N2.H3N.H2S/c1-2-6-4-3-5-1;;/h1-4H;1H3;1H2. The van der Waals surface area contributed by atoms with E-state index in [-0.39, 0.29) is 19.6 Å². The third kappa shape index (κ3) is 3.58. The maximum absolute atomic E-state index is 3.72. The summed E-state index contributed by atoms with van der Waals surface area (Å²) < 4.78 is 0. The Morgan fingerprint density at radius 2 is 1.00 bits per heavy atom. The Morgan fingerprint density at radius 1 is 0.750 bits per heavy atom. The fraction of sp³-hybridized carbons (Fsp3) is 0. The molecule has 0 fully saturated rings. The second-order valence-corrected chi connectivity index (χ2v) is 0.894. The van der Waals surface area contributed by atoms with Gasteiger partial charge in [0.15, 0.2) is 0 Å². The average molecular weight is 131 g/mol. The van der Waals surface area contributed by atoms with Crippen molar-refractivity contribution in [1.29, 1.82) is 0 Å². The molecule has 8 heavy (non-hydrogen) atoms. The monoisotopic (exact) mass is 131 g/mol. The maximum atomic E-state index is 3.72. The van der Waals surface area contributed by atoms with Crippen LogP contribution in [0.3, 0.4) is 0 Å². The second-order valence-electron chi connectivity index (χ2n) is 0.894. The molecule has 0 aromatic carbocycles. The summed E-state index contributed by atoms with van der Waals surface area (Å²) in [5, 5.41) is 0. The van der Waals surface area contributed by atoms with Crippen LogP contribution in [-0.4, -0.2) is 9.97 Å². The third-order valence-corrected chi connectivity index (χ3v) is 0.478. The minimum absolute atomic E-state index is 0. The van der Waals surface area contributed by atoms with Crippen LogP contribution in [0.2, 0.25) is 0 Å². The van der Waals surface area contributed by atoms with Crippen LogP contribution in [0.5, 0.6) is 0 Å². The summed E-state index contributed by atoms with van der Waals surface area (Å²) in [5.74, 6) is 0. The van der Waals surface area contributed by atoms with E-state index in [4.69, 9.17) is 0 Å². The number of nitrogens with zero attached hydrogens (tertiary/aromatic N) is 2. The molecular formula is C4H9N3S. The quantitative estimate of drug-likeness (QED) is 0.565. The van der Waals surface area contributed by atoms with Gasteiger partial charge in [-0.05, 0) is 0 Å². The number of hydrogen-bond donors (Lipinski definition) is 1. The third-order valence-electron chi connectivity index (χ3n) is 0.478. The Labute approximate surface area is 55.2 Å². The lowest BCUT2D eigenvalue weighted by Crippen LogP contribution is -1.66. The van der Waals surface area contributed by atoms with E-state index >= 15 is 0 Å². The van der Waals surface area contributed by atoms with Gasteiger partial charge in [-0.2, -0.15) is 13.5 Å². The first-order valence-electron chi connectivity index (χ1n) is 1.70. The highest BCUT2D eigenvalue weighted by molar-refractivity contribution is 7.59. The van der Waals surface area contributed by atoms with Crippen molar-refractivity contribution in [2.45, 2.75) is 0 Å². The normalized spacial score (nSPS) is 6.00. The maximum Gasteiger partial charge on any atom is 0.0451 e. The zero-order valence-electron chi connectivity index (χ0n) is 4.41. The summed E-state index contributed by atoms with van der Waals surface area (Å²) in [5.41, 5.74) is 0. The van der Waals surface area contributed by atoms with E-state index in [1.807, 2.05) is 0 Å². The van der Waals surface area contributed by atoms with Crippen LogP contribution in [0.25, 0.3) is 0 Å². The lowest BCUT2D eigenvalue weighted by atomic mass is 10.8. The summed E-state index contributed by atoms with van der Waals surface area (Å²) >= 11 is 0. The second kappa shape index (κ2) is 6.39. The molecule has 0 amide bonds. The molecule has 1 rings (SSSR count). The summed E-state index contributed by atoms with van der Waals surface area (Å²) in [6.07, 6.45) is 6.56. The molecule has 0 spiro atoms. The molecular weight excluding hydrogens is 122 g/mol. The Bertz CT molecular complexity index is 83.2. The summed E-state index contributed by atoms with van der Waals surface area (Å²) in [7, 11) is 0. The first-order valence-corrected chi connectivity index (χ1v) is 1.70. The molecule has 0 radical (unpaired) electrons. The molecule has 0 aliphatic rings. The predicted molar refractivity (Wildman–Crippen MR) is 37.4 cm³/mol. The molecule has 0 bridgehead atoms. The molecule has 0 atom stereocenters. The molecule has 0 saturated heterocycles. The van der Waals surface area contributed by atoms with Crippen molar-refractivity contribution in [2.75, 3.05) is 0 Å². The van der Waals surface area contributed by atoms with Crippen molar-refractivity contribution in [3.05, 3.63) is 24.8 Å². The van der Waals surface area contributed by atoms with Crippen molar-refractivity contribution in [3.63, 3.8) is 0 Å². The van der Waals surface area contributed by atoms with Crippen molar-refractivity contribution >= 4 is 13.5 Å². The van der Waals surface area contributed by atoms with E-state index in [1.165, 1.54) is 0 Å². The molecule has 1 aromatic heterocycles. The van der Waals surface area contributed by atoms with Crippen LogP contribution in [0, 0.1) is 0 Å².